The van der Waals surface area contributed by atoms with Crippen molar-refractivity contribution in [2.75, 3.05) is 33.0 Å². The Hall–Kier alpha value is -1.81. The lowest BCUT2D eigenvalue weighted by Gasteiger charge is -2.13. The number of sulfone groups is 1. The maximum Gasteiger partial charge on any atom is 0.190 e. The van der Waals surface area contributed by atoms with Crippen LogP contribution in [-0.2, 0) is 16.3 Å². The Morgan fingerprint density at radius 1 is 1.00 bits per heavy atom. The number of para-hydroxylation sites is 1. The number of ether oxygens (including phenoxy) is 1. The number of aliphatic imine (C=N–C) groups is 1. The highest BCUT2D eigenvalue weighted by atomic mass is 127. The molecule has 0 saturated carbocycles. The second-order valence-electron chi connectivity index (χ2n) is 5.97. The van der Waals surface area contributed by atoms with E-state index in [1.54, 1.807) is 44.5 Å². The lowest BCUT2D eigenvalue weighted by atomic mass is 10.1. The third-order valence-electron chi connectivity index (χ3n) is 4.09. The van der Waals surface area contributed by atoms with Crippen LogP contribution in [0, 0.1) is 0 Å². The molecular formula is C20H28IN3O3S. The summed E-state index contributed by atoms with van der Waals surface area (Å²) in [5.74, 6) is 1.62. The molecule has 2 N–H and O–H groups in total. The molecule has 6 nitrogen and oxygen atoms in total. The van der Waals surface area contributed by atoms with E-state index in [-0.39, 0.29) is 29.7 Å². The first-order valence-corrected chi connectivity index (χ1v) is 10.6. The maximum atomic E-state index is 12.3. The molecule has 0 bridgehead atoms. The van der Waals surface area contributed by atoms with Gasteiger partial charge in [-0.1, -0.05) is 36.4 Å². The largest absolute Gasteiger partial charge is 0.496 e. The van der Waals surface area contributed by atoms with Gasteiger partial charge in [-0.25, -0.2) is 8.42 Å². The zero-order valence-electron chi connectivity index (χ0n) is 16.2. The molecule has 2 aromatic rings. The Bertz CT molecular complexity index is 843. The molecule has 2 rings (SSSR count). The number of guanidine groups is 1. The van der Waals surface area contributed by atoms with E-state index in [4.69, 9.17) is 4.74 Å². The minimum absolute atomic E-state index is 0. The van der Waals surface area contributed by atoms with Crippen LogP contribution in [0.5, 0.6) is 5.75 Å². The fourth-order valence-corrected chi connectivity index (χ4v) is 3.99. The SMILES string of the molecule is CN=C(NCCCS(=O)(=O)c1ccccc1)NCCc1ccccc1OC.I. The highest BCUT2D eigenvalue weighted by Gasteiger charge is 2.13. The van der Waals surface area contributed by atoms with E-state index in [2.05, 4.69) is 15.6 Å². The molecule has 0 atom stereocenters. The van der Waals surface area contributed by atoms with E-state index in [0.29, 0.717) is 30.4 Å². The van der Waals surface area contributed by atoms with Crippen molar-refractivity contribution in [2.24, 2.45) is 4.99 Å². The van der Waals surface area contributed by atoms with Gasteiger partial charge in [-0.05, 0) is 36.6 Å². The Morgan fingerprint density at radius 3 is 2.32 bits per heavy atom. The number of rotatable bonds is 9. The van der Waals surface area contributed by atoms with Crippen molar-refractivity contribution < 1.29 is 13.2 Å². The van der Waals surface area contributed by atoms with Gasteiger partial charge in [0.05, 0.1) is 17.8 Å². The van der Waals surface area contributed by atoms with E-state index in [0.717, 1.165) is 17.7 Å². The predicted molar refractivity (Wildman–Crippen MR) is 125 cm³/mol. The molecular weight excluding hydrogens is 489 g/mol. The molecule has 0 saturated heterocycles. The first-order chi connectivity index (χ1) is 13.1. The molecule has 0 fully saturated rings. The van der Waals surface area contributed by atoms with Gasteiger partial charge in [0.15, 0.2) is 15.8 Å². The molecule has 0 unspecified atom stereocenters. The van der Waals surface area contributed by atoms with Gasteiger partial charge in [0.1, 0.15) is 5.75 Å². The predicted octanol–water partition coefficient (Wildman–Crippen LogP) is 2.88. The zero-order valence-corrected chi connectivity index (χ0v) is 19.4. The topological polar surface area (TPSA) is 79.8 Å². The van der Waals surface area contributed by atoms with Crippen molar-refractivity contribution in [1.29, 1.82) is 0 Å². The summed E-state index contributed by atoms with van der Waals surface area (Å²) >= 11 is 0. The van der Waals surface area contributed by atoms with Crippen LogP contribution in [0.25, 0.3) is 0 Å². The fraction of sp³-hybridized carbons (Fsp3) is 0.350. The molecule has 28 heavy (non-hydrogen) atoms. The van der Waals surface area contributed by atoms with Crippen LogP contribution >= 0.6 is 24.0 Å². The lowest BCUT2D eigenvalue weighted by molar-refractivity contribution is 0.409. The summed E-state index contributed by atoms with van der Waals surface area (Å²) in [6.45, 7) is 1.22. The van der Waals surface area contributed by atoms with Gasteiger partial charge in [-0.2, -0.15) is 0 Å². The second kappa shape index (κ2) is 12.6. The average Bonchev–Trinajstić information content (AvgIpc) is 2.70. The molecule has 2 aromatic carbocycles. The molecule has 0 amide bonds. The Kier molecular flexibility index (Phi) is 10.9. The van der Waals surface area contributed by atoms with E-state index in [9.17, 15) is 8.42 Å². The van der Waals surface area contributed by atoms with Crippen molar-refractivity contribution in [2.45, 2.75) is 17.7 Å². The number of halogens is 1. The number of nitrogens with one attached hydrogen (secondary N) is 2. The van der Waals surface area contributed by atoms with Gasteiger partial charge in [0.25, 0.3) is 0 Å². The summed E-state index contributed by atoms with van der Waals surface area (Å²) < 4.78 is 29.8. The highest BCUT2D eigenvalue weighted by Crippen LogP contribution is 2.17. The van der Waals surface area contributed by atoms with Gasteiger partial charge in [0, 0.05) is 20.1 Å². The number of hydrogen-bond acceptors (Lipinski definition) is 4. The molecule has 154 valence electrons. The van der Waals surface area contributed by atoms with Crippen molar-refractivity contribution >= 4 is 39.8 Å². The molecule has 8 heteroatoms. The van der Waals surface area contributed by atoms with Crippen LogP contribution in [0.1, 0.15) is 12.0 Å². The Balaban J connectivity index is 0.00000392. The summed E-state index contributed by atoms with van der Waals surface area (Å²) in [7, 11) is 0.117. The third-order valence-corrected chi connectivity index (χ3v) is 5.90. The minimum Gasteiger partial charge on any atom is -0.496 e. The zero-order chi connectivity index (χ0) is 19.5. The fourth-order valence-electron chi connectivity index (χ4n) is 2.66. The van der Waals surface area contributed by atoms with Crippen molar-refractivity contribution in [3.05, 3.63) is 60.2 Å². The molecule has 0 aromatic heterocycles. The van der Waals surface area contributed by atoms with Gasteiger partial charge < -0.3 is 15.4 Å². The molecule has 0 aliphatic heterocycles. The highest BCUT2D eigenvalue weighted by molar-refractivity contribution is 14.0. The first-order valence-electron chi connectivity index (χ1n) is 8.91. The van der Waals surface area contributed by atoms with Gasteiger partial charge in [0.2, 0.25) is 0 Å². The van der Waals surface area contributed by atoms with Crippen LogP contribution < -0.4 is 15.4 Å². The lowest BCUT2D eigenvalue weighted by Crippen LogP contribution is -2.39. The van der Waals surface area contributed by atoms with Crippen molar-refractivity contribution in [3.63, 3.8) is 0 Å². The molecule has 0 radical (unpaired) electrons. The molecule has 0 aliphatic rings. The van der Waals surface area contributed by atoms with Gasteiger partial charge >= 0.3 is 0 Å². The summed E-state index contributed by atoms with van der Waals surface area (Å²) in [5.41, 5.74) is 1.12. The second-order valence-corrected chi connectivity index (χ2v) is 8.08. The van der Waals surface area contributed by atoms with Crippen LogP contribution in [0.3, 0.4) is 0 Å². The van der Waals surface area contributed by atoms with E-state index in [1.807, 2.05) is 24.3 Å². The molecule has 0 aliphatic carbocycles. The summed E-state index contributed by atoms with van der Waals surface area (Å²) in [6, 6.07) is 16.4. The molecule has 0 spiro atoms. The standard InChI is InChI=1S/C20H27N3O3S.HI/c1-21-20(23-15-13-17-9-6-7-12-19(17)26-2)22-14-8-16-27(24,25)18-10-4-3-5-11-18;/h3-7,9-12H,8,13-16H2,1-2H3,(H2,21,22,23);1H. The smallest absolute Gasteiger partial charge is 0.190 e. The quantitative estimate of drug-likeness (QED) is 0.232. The van der Waals surface area contributed by atoms with E-state index < -0.39 is 9.84 Å². The van der Waals surface area contributed by atoms with Gasteiger partial charge in [-0.15, -0.1) is 24.0 Å². The minimum atomic E-state index is -3.24. The Morgan fingerprint density at radius 2 is 1.64 bits per heavy atom. The number of hydrogen-bond donors (Lipinski definition) is 2. The number of nitrogens with zero attached hydrogens (tertiary/aromatic N) is 1. The van der Waals surface area contributed by atoms with E-state index >= 15 is 0 Å². The number of methoxy groups -OCH3 is 1. The van der Waals surface area contributed by atoms with Crippen LogP contribution in [0.2, 0.25) is 0 Å². The van der Waals surface area contributed by atoms with Gasteiger partial charge in [-0.3, -0.25) is 4.99 Å². The van der Waals surface area contributed by atoms with Crippen LogP contribution in [0.15, 0.2) is 64.5 Å². The first kappa shape index (κ1) is 24.2. The van der Waals surface area contributed by atoms with E-state index in [1.165, 1.54) is 0 Å². The average molecular weight is 517 g/mol. The maximum absolute atomic E-state index is 12.3. The van der Waals surface area contributed by atoms with Crippen molar-refractivity contribution in [1.82, 2.24) is 10.6 Å². The summed E-state index contributed by atoms with van der Waals surface area (Å²) in [6.07, 6.45) is 1.30. The number of benzene rings is 2. The third kappa shape index (κ3) is 7.67. The Labute approximate surface area is 184 Å². The monoisotopic (exact) mass is 517 g/mol. The van der Waals surface area contributed by atoms with Crippen LogP contribution in [-0.4, -0.2) is 47.4 Å². The van der Waals surface area contributed by atoms with Crippen molar-refractivity contribution in [3.8, 4) is 5.75 Å². The summed E-state index contributed by atoms with van der Waals surface area (Å²) in [5, 5.41) is 6.38. The normalized spacial score (nSPS) is 11.4. The summed E-state index contributed by atoms with van der Waals surface area (Å²) in [4.78, 5) is 4.53. The molecule has 0 heterocycles. The van der Waals surface area contributed by atoms with Crippen LogP contribution in [0.4, 0.5) is 0 Å².